The lowest BCUT2D eigenvalue weighted by atomic mass is 9.94. The first-order valence-corrected chi connectivity index (χ1v) is 8.36. The van der Waals surface area contributed by atoms with E-state index in [1.807, 2.05) is 19.9 Å². The van der Waals surface area contributed by atoms with Gasteiger partial charge in [-0.2, -0.15) is 5.10 Å². The van der Waals surface area contributed by atoms with E-state index in [2.05, 4.69) is 5.10 Å². The van der Waals surface area contributed by atoms with Crippen molar-refractivity contribution in [3.05, 3.63) is 59.2 Å². The first-order chi connectivity index (χ1) is 12.8. The molecule has 1 amide bonds. The van der Waals surface area contributed by atoms with Gasteiger partial charge in [0.05, 0.1) is 25.5 Å². The fourth-order valence-corrected chi connectivity index (χ4v) is 3.02. The van der Waals surface area contributed by atoms with Crippen molar-refractivity contribution in [2.24, 2.45) is 5.10 Å². The summed E-state index contributed by atoms with van der Waals surface area (Å²) in [7, 11) is 3.09. The summed E-state index contributed by atoms with van der Waals surface area (Å²) in [5, 5.41) is 5.77. The number of hydrogen-bond donors (Lipinski definition) is 0. The normalized spacial score (nSPS) is 15.5. The van der Waals surface area contributed by atoms with Gasteiger partial charge >= 0.3 is 0 Å². The van der Waals surface area contributed by atoms with Gasteiger partial charge in [-0.3, -0.25) is 4.79 Å². The quantitative estimate of drug-likeness (QED) is 0.813. The number of benzene rings is 2. The number of halogens is 2. The molecule has 1 aliphatic rings. The van der Waals surface area contributed by atoms with E-state index in [1.165, 1.54) is 11.1 Å². The largest absolute Gasteiger partial charge is 0.493 e. The molecule has 2 aromatic carbocycles. The molecule has 0 unspecified atom stereocenters. The van der Waals surface area contributed by atoms with Crippen LogP contribution < -0.4 is 9.47 Å². The van der Waals surface area contributed by atoms with Crippen LogP contribution in [0.4, 0.5) is 8.78 Å². The number of methoxy groups -OCH3 is 2. The Kier molecular flexibility index (Phi) is 4.87. The number of ether oxygens (including phenoxy) is 2. The molecule has 0 saturated heterocycles. The maximum absolute atomic E-state index is 13.5. The molecule has 7 heteroatoms. The van der Waals surface area contributed by atoms with E-state index in [0.717, 1.165) is 17.7 Å². The lowest BCUT2D eigenvalue weighted by Crippen LogP contribution is -2.40. The second-order valence-corrected chi connectivity index (χ2v) is 6.85. The number of hydrogen-bond acceptors (Lipinski definition) is 4. The smallest absolute Gasteiger partial charge is 0.274 e. The molecule has 0 N–H and O–H groups in total. The van der Waals surface area contributed by atoms with Crippen molar-refractivity contribution in [1.82, 2.24) is 5.01 Å². The molecule has 0 atom stereocenters. The predicted molar refractivity (Wildman–Crippen MR) is 97.3 cm³/mol. The highest BCUT2D eigenvalue weighted by atomic mass is 19.2. The summed E-state index contributed by atoms with van der Waals surface area (Å²) < 4.78 is 37.2. The molecule has 5 nitrogen and oxygen atoms in total. The molecule has 1 heterocycles. The number of carbonyl (C=O) groups is 1. The average molecular weight is 374 g/mol. The molecule has 1 aliphatic heterocycles. The van der Waals surface area contributed by atoms with Gasteiger partial charge in [0.1, 0.15) is 0 Å². The van der Waals surface area contributed by atoms with Crippen molar-refractivity contribution in [2.45, 2.75) is 25.8 Å². The Balaban J connectivity index is 1.96. The predicted octanol–water partition coefficient (Wildman–Crippen LogP) is 4.01. The first-order valence-electron chi connectivity index (χ1n) is 8.36. The Hall–Kier alpha value is -2.96. The van der Waals surface area contributed by atoms with E-state index in [9.17, 15) is 13.6 Å². The SMILES string of the molecule is COc1ccc(C2=NN(C(=O)c3ccc(F)c(F)c3)C(C)(C)C2)cc1OC. The summed E-state index contributed by atoms with van der Waals surface area (Å²) >= 11 is 0. The highest BCUT2D eigenvalue weighted by molar-refractivity contribution is 6.05. The molecule has 3 rings (SSSR count). The maximum Gasteiger partial charge on any atom is 0.274 e. The maximum atomic E-state index is 13.5. The molecule has 0 fully saturated rings. The fraction of sp³-hybridized carbons (Fsp3) is 0.300. The average Bonchev–Trinajstić information content (AvgIpc) is 2.98. The minimum absolute atomic E-state index is 0.0410. The number of carbonyl (C=O) groups excluding carboxylic acids is 1. The Morgan fingerprint density at radius 3 is 2.37 bits per heavy atom. The van der Waals surface area contributed by atoms with Crippen molar-refractivity contribution in [2.75, 3.05) is 14.2 Å². The number of nitrogens with zero attached hydrogens (tertiary/aromatic N) is 2. The Labute approximate surface area is 156 Å². The van der Waals surface area contributed by atoms with Gasteiger partial charge < -0.3 is 9.47 Å². The third-order valence-corrected chi connectivity index (χ3v) is 4.47. The molecule has 0 spiro atoms. The Bertz CT molecular complexity index is 925. The van der Waals surface area contributed by atoms with Crippen LogP contribution in [0.3, 0.4) is 0 Å². The molecule has 0 aliphatic carbocycles. The van der Waals surface area contributed by atoms with Crippen LogP contribution in [-0.2, 0) is 0 Å². The van der Waals surface area contributed by atoms with Gasteiger partial charge in [-0.15, -0.1) is 0 Å². The highest BCUT2D eigenvalue weighted by Crippen LogP contribution is 2.34. The highest BCUT2D eigenvalue weighted by Gasteiger charge is 2.39. The van der Waals surface area contributed by atoms with Gasteiger partial charge in [0.25, 0.3) is 5.91 Å². The van der Waals surface area contributed by atoms with Crippen molar-refractivity contribution < 1.29 is 23.0 Å². The number of rotatable bonds is 4. The third-order valence-electron chi connectivity index (χ3n) is 4.47. The van der Waals surface area contributed by atoms with Crippen molar-refractivity contribution in [1.29, 1.82) is 0 Å². The summed E-state index contributed by atoms with van der Waals surface area (Å²) in [5.74, 6) is -1.41. The molecular formula is C20H20F2N2O3. The van der Waals surface area contributed by atoms with Crippen LogP contribution in [0.15, 0.2) is 41.5 Å². The minimum atomic E-state index is -1.07. The second kappa shape index (κ2) is 6.98. The van der Waals surface area contributed by atoms with Gasteiger partial charge in [-0.1, -0.05) is 0 Å². The van der Waals surface area contributed by atoms with Crippen LogP contribution in [0, 0.1) is 11.6 Å². The summed E-state index contributed by atoms with van der Waals surface area (Å²) in [5.41, 5.74) is 0.905. The standard InChI is InChI=1S/C20H20F2N2O3/c1-20(2)11-16(12-6-8-17(26-3)18(10-12)27-4)23-24(20)19(25)13-5-7-14(21)15(22)9-13/h5-10H,11H2,1-4H3. The number of amides is 1. The topological polar surface area (TPSA) is 51.1 Å². The monoisotopic (exact) mass is 374 g/mol. The van der Waals surface area contributed by atoms with Gasteiger partial charge in [0.2, 0.25) is 0 Å². The molecule has 27 heavy (non-hydrogen) atoms. The summed E-state index contributed by atoms with van der Waals surface area (Å²) in [4.78, 5) is 12.8. The van der Waals surface area contributed by atoms with E-state index in [-0.39, 0.29) is 5.56 Å². The van der Waals surface area contributed by atoms with Crippen molar-refractivity contribution in [3.63, 3.8) is 0 Å². The zero-order chi connectivity index (χ0) is 19.8. The molecule has 0 aromatic heterocycles. The molecule has 142 valence electrons. The van der Waals surface area contributed by atoms with E-state index < -0.39 is 23.1 Å². The van der Waals surface area contributed by atoms with E-state index in [1.54, 1.807) is 26.4 Å². The summed E-state index contributed by atoms with van der Waals surface area (Å²) in [6, 6.07) is 8.47. The number of hydrazone groups is 1. The zero-order valence-electron chi connectivity index (χ0n) is 15.5. The fourth-order valence-electron chi connectivity index (χ4n) is 3.02. The van der Waals surface area contributed by atoms with Crippen molar-refractivity contribution >= 4 is 11.6 Å². The zero-order valence-corrected chi connectivity index (χ0v) is 15.5. The summed E-state index contributed by atoms with van der Waals surface area (Å²) in [6.07, 6.45) is 0.498. The van der Waals surface area contributed by atoms with Crippen LogP contribution in [0.2, 0.25) is 0 Å². The van der Waals surface area contributed by atoms with Gasteiger partial charge in [-0.25, -0.2) is 13.8 Å². The van der Waals surface area contributed by atoms with Crippen LogP contribution in [0.5, 0.6) is 11.5 Å². The Morgan fingerprint density at radius 2 is 1.74 bits per heavy atom. The van der Waals surface area contributed by atoms with Gasteiger partial charge in [0, 0.05) is 17.5 Å². The summed E-state index contributed by atoms with van der Waals surface area (Å²) in [6.45, 7) is 3.73. The van der Waals surface area contributed by atoms with Crippen LogP contribution in [0.25, 0.3) is 0 Å². The van der Waals surface area contributed by atoms with E-state index >= 15 is 0 Å². The van der Waals surface area contributed by atoms with E-state index in [0.29, 0.717) is 23.6 Å². The molecule has 0 bridgehead atoms. The van der Waals surface area contributed by atoms with Gasteiger partial charge in [0.15, 0.2) is 23.1 Å². The lowest BCUT2D eigenvalue weighted by Gasteiger charge is -2.28. The van der Waals surface area contributed by atoms with Crippen molar-refractivity contribution in [3.8, 4) is 11.5 Å². The second-order valence-electron chi connectivity index (χ2n) is 6.85. The van der Waals surface area contributed by atoms with Gasteiger partial charge in [-0.05, 0) is 50.2 Å². The van der Waals surface area contributed by atoms with Crippen LogP contribution in [0.1, 0.15) is 36.2 Å². The third kappa shape index (κ3) is 3.49. The minimum Gasteiger partial charge on any atom is -0.493 e. The van der Waals surface area contributed by atoms with Crippen LogP contribution in [-0.4, -0.2) is 36.4 Å². The first kappa shape index (κ1) is 18.8. The molecule has 0 radical (unpaired) electrons. The van der Waals surface area contributed by atoms with E-state index in [4.69, 9.17) is 9.47 Å². The Morgan fingerprint density at radius 1 is 1.04 bits per heavy atom. The molecule has 0 saturated carbocycles. The molecule has 2 aromatic rings. The molecular weight excluding hydrogens is 354 g/mol. The lowest BCUT2D eigenvalue weighted by molar-refractivity contribution is 0.0611. The van der Waals surface area contributed by atoms with Crippen LogP contribution >= 0.6 is 0 Å².